The molecule has 3 N–H and O–H groups in total. The van der Waals surface area contributed by atoms with E-state index < -0.39 is 30.7 Å². The molecule has 0 saturated heterocycles. The second-order valence-electron chi connectivity index (χ2n) is 4.67. The molecule has 0 radical (unpaired) electrons. The van der Waals surface area contributed by atoms with Crippen LogP contribution in [-0.4, -0.2) is 40.5 Å². The molecule has 1 aromatic rings. The summed E-state index contributed by atoms with van der Waals surface area (Å²) < 4.78 is 37.4. The summed E-state index contributed by atoms with van der Waals surface area (Å²) in [5.41, 5.74) is 1.37. The van der Waals surface area contributed by atoms with Gasteiger partial charge in [0.05, 0.1) is 11.4 Å². The molecule has 1 aromatic heterocycles. The Balaban J connectivity index is 2.53. The van der Waals surface area contributed by atoms with Gasteiger partial charge in [-0.05, 0) is 13.3 Å². The van der Waals surface area contributed by atoms with Crippen LogP contribution < -0.4 is 16.0 Å². The fraction of sp³-hybridized carbons (Fsp3) is 0.583. The Morgan fingerprint density at radius 3 is 2.59 bits per heavy atom. The summed E-state index contributed by atoms with van der Waals surface area (Å²) in [6.45, 7) is 1.87. The normalized spacial score (nSPS) is 12.6. The maximum atomic E-state index is 11.9. The van der Waals surface area contributed by atoms with E-state index in [4.69, 9.17) is 0 Å². The lowest BCUT2D eigenvalue weighted by Gasteiger charge is -2.15. The van der Waals surface area contributed by atoms with E-state index in [1.807, 2.05) is 12.2 Å². The number of nitrogens with zero attached hydrogens (tertiary/aromatic N) is 2. The molecule has 10 heteroatoms. The number of hydrogen-bond donors (Lipinski definition) is 3. The zero-order valence-corrected chi connectivity index (χ0v) is 12.4. The number of carbonyl (C=O) groups excluding carboxylic acids is 2. The molecule has 0 spiro atoms. The first-order chi connectivity index (χ1) is 10.1. The number of nitrogens with one attached hydrogen (secondary N) is 3. The Hall–Kier alpha value is -2.26. The SMILES string of the molecule is CCc1nn(C)cc1NC(C)C(=O)NC(=O)NCC(F)(F)F. The minimum Gasteiger partial charge on any atom is -0.371 e. The van der Waals surface area contributed by atoms with Gasteiger partial charge in [0.15, 0.2) is 0 Å². The highest BCUT2D eigenvalue weighted by molar-refractivity contribution is 5.98. The molecule has 0 aliphatic carbocycles. The molecule has 0 bridgehead atoms. The van der Waals surface area contributed by atoms with Crippen molar-refractivity contribution in [1.29, 1.82) is 0 Å². The number of alkyl halides is 3. The molecule has 124 valence electrons. The fourth-order valence-corrected chi connectivity index (χ4v) is 1.66. The maximum Gasteiger partial charge on any atom is 0.405 e. The number of hydrogen-bond acceptors (Lipinski definition) is 4. The van der Waals surface area contributed by atoms with Gasteiger partial charge in [-0.15, -0.1) is 0 Å². The van der Waals surface area contributed by atoms with Gasteiger partial charge in [0.1, 0.15) is 12.6 Å². The lowest BCUT2D eigenvalue weighted by atomic mass is 10.2. The van der Waals surface area contributed by atoms with E-state index in [1.54, 1.807) is 23.2 Å². The Kier molecular flexibility index (Phi) is 5.77. The minimum absolute atomic E-state index is 0.628. The quantitative estimate of drug-likeness (QED) is 0.760. The maximum absolute atomic E-state index is 11.9. The van der Waals surface area contributed by atoms with Gasteiger partial charge in [0.2, 0.25) is 5.91 Å². The van der Waals surface area contributed by atoms with E-state index in [0.29, 0.717) is 12.1 Å². The van der Waals surface area contributed by atoms with E-state index >= 15 is 0 Å². The first-order valence-electron chi connectivity index (χ1n) is 6.57. The number of imide groups is 1. The van der Waals surface area contributed by atoms with Gasteiger partial charge >= 0.3 is 12.2 Å². The Bertz CT molecular complexity index is 541. The summed E-state index contributed by atoms with van der Waals surface area (Å²) in [5.74, 6) is -0.745. The Morgan fingerprint density at radius 2 is 2.05 bits per heavy atom. The topological polar surface area (TPSA) is 88.1 Å². The number of rotatable bonds is 5. The van der Waals surface area contributed by atoms with Crippen LogP contribution in [0.15, 0.2) is 6.20 Å². The summed E-state index contributed by atoms with van der Waals surface area (Å²) in [4.78, 5) is 22.9. The molecule has 0 aromatic carbocycles. The molecular formula is C12H18F3N5O2. The van der Waals surface area contributed by atoms with E-state index in [9.17, 15) is 22.8 Å². The van der Waals surface area contributed by atoms with Gasteiger partial charge in [-0.1, -0.05) is 6.92 Å². The van der Waals surface area contributed by atoms with Crippen molar-refractivity contribution in [2.75, 3.05) is 11.9 Å². The molecule has 1 rings (SSSR count). The van der Waals surface area contributed by atoms with Gasteiger partial charge in [-0.25, -0.2) is 4.79 Å². The van der Waals surface area contributed by atoms with Crippen LogP contribution in [0.3, 0.4) is 0 Å². The first kappa shape index (κ1) is 17.8. The molecule has 0 aliphatic heterocycles. The number of halogens is 3. The van der Waals surface area contributed by atoms with Crippen molar-refractivity contribution in [2.24, 2.45) is 7.05 Å². The summed E-state index contributed by atoms with van der Waals surface area (Å²) in [7, 11) is 1.72. The van der Waals surface area contributed by atoms with Crippen LogP contribution in [0.4, 0.5) is 23.7 Å². The van der Waals surface area contributed by atoms with Crippen LogP contribution in [-0.2, 0) is 18.3 Å². The van der Waals surface area contributed by atoms with E-state index in [2.05, 4.69) is 10.4 Å². The second kappa shape index (κ2) is 7.14. The third-order valence-corrected chi connectivity index (χ3v) is 2.69. The molecule has 3 amide bonds. The monoisotopic (exact) mass is 321 g/mol. The third-order valence-electron chi connectivity index (χ3n) is 2.69. The number of anilines is 1. The van der Waals surface area contributed by atoms with Gasteiger partial charge in [-0.3, -0.25) is 14.8 Å². The molecule has 0 fully saturated rings. The van der Waals surface area contributed by atoms with Gasteiger partial charge < -0.3 is 10.6 Å². The third kappa shape index (κ3) is 5.62. The molecule has 0 saturated carbocycles. The second-order valence-corrected chi connectivity index (χ2v) is 4.67. The number of aryl methyl sites for hydroxylation is 2. The largest absolute Gasteiger partial charge is 0.405 e. The summed E-state index contributed by atoms with van der Waals surface area (Å²) in [6, 6.07) is -2.01. The molecule has 1 unspecified atom stereocenters. The Morgan fingerprint density at radius 1 is 1.41 bits per heavy atom. The van der Waals surface area contributed by atoms with Gasteiger partial charge in [0, 0.05) is 13.2 Å². The van der Waals surface area contributed by atoms with Crippen molar-refractivity contribution in [3.8, 4) is 0 Å². The molecular weight excluding hydrogens is 303 g/mol. The van der Waals surface area contributed by atoms with Crippen molar-refractivity contribution in [2.45, 2.75) is 32.5 Å². The van der Waals surface area contributed by atoms with Crippen LogP contribution in [0, 0.1) is 0 Å². The van der Waals surface area contributed by atoms with Crippen molar-refractivity contribution in [3.05, 3.63) is 11.9 Å². The van der Waals surface area contributed by atoms with E-state index in [1.165, 1.54) is 6.92 Å². The minimum atomic E-state index is -4.53. The first-order valence-corrected chi connectivity index (χ1v) is 6.57. The van der Waals surface area contributed by atoms with Crippen LogP contribution in [0.2, 0.25) is 0 Å². The average Bonchev–Trinajstić information content (AvgIpc) is 2.75. The van der Waals surface area contributed by atoms with Gasteiger partial charge in [-0.2, -0.15) is 18.3 Å². The zero-order chi connectivity index (χ0) is 16.9. The molecule has 7 nitrogen and oxygen atoms in total. The number of amides is 3. The van der Waals surface area contributed by atoms with Crippen LogP contribution >= 0.6 is 0 Å². The predicted molar refractivity (Wildman–Crippen MR) is 73.3 cm³/mol. The highest BCUT2D eigenvalue weighted by Gasteiger charge is 2.28. The molecule has 22 heavy (non-hydrogen) atoms. The average molecular weight is 321 g/mol. The predicted octanol–water partition coefficient (Wildman–Crippen LogP) is 1.17. The number of urea groups is 1. The lowest BCUT2D eigenvalue weighted by Crippen LogP contribution is -2.47. The van der Waals surface area contributed by atoms with Crippen molar-refractivity contribution >= 4 is 17.6 Å². The van der Waals surface area contributed by atoms with Crippen LogP contribution in [0.25, 0.3) is 0 Å². The van der Waals surface area contributed by atoms with Crippen molar-refractivity contribution < 1.29 is 22.8 Å². The summed E-state index contributed by atoms with van der Waals surface area (Å²) >= 11 is 0. The highest BCUT2D eigenvalue weighted by atomic mass is 19.4. The fourth-order valence-electron chi connectivity index (χ4n) is 1.66. The number of carbonyl (C=O) groups is 2. The zero-order valence-electron chi connectivity index (χ0n) is 12.4. The Labute approximate surface area is 125 Å². The van der Waals surface area contributed by atoms with Crippen molar-refractivity contribution in [1.82, 2.24) is 20.4 Å². The van der Waals surface area contributed by atoms with E-state index in [-0.39, 0.29) is 0 Å². The molecule has 1 atom stereocenters. The smallest absolute Gasteiger partial charge is 0.371 e. The molecule has 1 heterocycles. The molecule has 0 aliphatic rings. The summed E-state index contributed by atoms with van der Waals surface area (Å²) in [5, 5.41) is 10.4. The standard InChI is InChI=1S/C12H18F3N5O2/c1-4-8-9(5-20(3)19-8)17-7(2)10(21)18-11(22)16-6-12(13,14)15/h5,7,17H,4,6H2,1-3H3,(H2,16,18,21,22). The van der Waals surface area contributed by atoms with Crippen molar-refractivity contribution in [3.63, 3.8) is 0 Å². The lowest BCUT2D eigenvalue weighted by molar-refractivity contribution is -0.124. The number of aromatic nitrogens is 2. The van der Waals surface area contributed by atoms with Crippen LogP contribution in [0.5, 0.6) is 0 Å². The highest BCUT2D eigenvalue weighted by Crippen LogP contribution is 2.15. The van der Waals surface area contributed by atoms with Crippen LogP contribution in [0.1, 0.15) is 19.5 Å². The van der Waals surface area contributed by atoms with E-state index in [0.717, 1.165) is 5.69 Å². The summed E-state index contributed by atoms with van der Waals surface area (Å²) in [6.07, 6.45) is -2.22. The van der Waals surface area contributed by atoms with Gasteiger partial charge in [0.25, 0.3) is 0 Å².